The lowest BCUT2D eigenvalue weighted by molar-refractivity contribution is 0.399. The first-order valence-corrected chi connectivity index (χ1v) is 6.85. The van der Waals surface area contributed by atoms with Crippen LogP contribution >= 0.6 is 0 Å². The Bertz CT molecular complexity index is 771. The molecule has 0 saturated heterocycles. The quantitative estimate of drug-likeness (QED) is 0.793. The summed E-state index contributed by atoms with van der Waals surface area (Å²) in [5.41, 5.74) is 4.15. The summed E-state index contributed by atoms with van der Waals surface area (Å²) in [5, 5.41) is 4.50. The minimum absolute atomic E-state index is 0.607. The van der Waals surface area contributed by atoms with Gasteiger partial charge in [0.05, 0.1) is 18.3 Å². The Morgan fingerprint density at radius 2 is 2.05 bits per heavy atom. The highest BCUT2D eigenvalue weighted by Crippen LogP contribution is 2.21. The van der Waals surface area contributed by atoms with Crippen LogP contribution in [-0.2, 0) is 6.54 Å². The molecular formula is C17H17N3O. The molecule has 0 bridgehead atoms. The Kier molecular flexibility index (Phi) is 3.69. The molecule has 0 aliphatic rings. The third-order valence-corrected chi connectivity index (χ3v) is 3.34. The lowest BCUT2D eigenvalue weighted by Gasteiger charge is -2.10. The van der Waals surface area contributed by atoms with Crippen LogP contribution in [0.3, 0.4) is 0 Å². The molecule has 0 spiro atoms. The summed E-state index contributed by atoms with van der Waals surface area (Å²) in [5.74, 6) is 0.607. The second-order valence-electron chi connectivity index (χ2n) is 4.89. The zero-order valence-corrected chi connectivity index (χ0v) is 12.1. The average molecular weight is 279 g/mol. The van der Waals surface area contributed by atoms with Gasteiger partial charge in [0.2, 0.25) is 5.88 Å². The fourth-order valence-electron chi connectivity index (χ4n) is 2.27. The molecule has 3 rings (SSSR count). The van der Waals surface area contributed by atoms with Crippen molar-refractivity contribution in [3.05, 3.63) is 59.9 Å². The first-order valence-electron chi connectivity index (χ1n) is 6.85. The number of fused-ring (bicyclic) bond motifs is 1. The largest absolute Gasteiger partial charge is 0.480 e. The summed E-state index contributed by atoms with van der Waals surface area (Å²) in [6.07, 6.45) is 1.72. The van der Waals surface area contributed by atoms with Crippen LogP contribution in [-0.4, -0.2) is 17.1 Å². The number of nitrogens with one attached hydrogen (secondary N) is 1. The number of aryl methyl sites for hydroxylation is 1. The van der Waals surface area contributed by atoms with E-state index in [1.165, 1.54) is 5.56 Å². The van der Waals surface area contributed by atoms with E-state index in [2.05, 4.69) is 39.6 Å². The van der Waals surface area contributed by atoms with Gasteiger partial charge in [-0.1, -0.05) is 12.1 Å². The molecule has 106 valence electrons. The molecule has 4 heteroatoms. The third-order valence-electron chi connectivity index (χ3n) is 3.34. The Morgan fingerprint density at radius 1 is 1.14 bits per heavy atom. The van der Waals surface area contributed by atoms with Gasteiger partial charge in [0.15, 0.2) is 0 Å². The van der Waals surface area contributed by atoms with Crippen LogP contribution in [0.4, 0.5) is 5.69 Å². The number of nitrogens with zero attached hydrogens (tertiary/aromatic N) is 2. The second-order valence-corrected chi connectivity index (χ2v) is 4.89. The molecule has 0 amide bonds. The van der Waals surface area contributed by atoms with Crippen molar-refractivity contribution >= 4 is 16.6 Å². The molecule has 1 aromatic carbocycles. The van der Waals surface area contributed by atoms with E-state index in [1.807, 2.05) is 25.1 Å². The van der Waals surface area contributed by atoms with Crippen LogP contribution in [0.5, 0.6) is 5.88 Å². The summed E-state index contributed by atoms with van der Waals surface area (Å²) in [6.45, 7) is 2.72. The van der Waals surface area contributed by atoms with E-state index in [9.17, 15) is 0 Å². The molecule has 1 N–H and O–H groups in total. The Balaban J connectivity index is 1.80. The van der Waals surface area contributed by atoms with Crippen molar-refractivity contribution in [2.24, 2.45) is 0 Å². The minimum atomic E-state index is 0.607. The van der Waals surface area contributed by atoms with Gasteiger partial charge in [0.1, 0.15) is 0 Å². The molecule has 0 atom stereocenters. The summed E-state index contributed by atoms with van der Waals surface area (Å²) >= 11 is 0. The van der Waals surface area contributed by atoms with Crippen molar-refractivity contribution in [2.75, 3.05) is 12.4 Å². The van der Waals surface area contributed by atoms with Crippen LogP contribution < -0.4 is 10.1 Å². The number of ether oxygens (including phenoxy) is 1. The number of methoxy groups -OCH3 is 1. The van der Waals surface area contributed by atoms with E-state index in [0.717, 1.165) is 22.3 Å². The molecule has 2 heterocycles. The van der Waals surface area contributed by atoms with Crippen molar-refractivity contribution in [3.8, 4) is 5.88 Å². The molecule has 3 aromatic rings. The maximum Gasteiger partial charge on any atom is 0.237 e. The Labute approximate surface area is 123 Å². The van der Waals surface area contributed by atoms with Crippen molar-refractivity contribution in [2.45, 2.75) is 13.5 Å². The highest BCUT2D eigenvalue weighted by Gasteiger charge is 2.03. The van der Waals surface area contributed by atoms with Crippen molar-refractivity contribution in [1.29, 1.82) is 0 Å². The van der Waals surface area contributed by atoms with Gasteiger partial charge in [0, 0.05) is 23.8 Å². The minimum Gasteiger partial charge on any atom is -0.480 e. The van der Waals surface area contributed by atoms with Gasteiger partial charge in [0.25, 0.3) is 0 Å². The summed E-state index contributed by atoms with van der Waals surface area (Å²) in [4.78, 5) is 8.69. The summed E-state index contributed by atoms with van der Waals surface area (Å²) < 4.78 is 5.23. The lowest BCUT2D eigenvalue weighted by Crippen LogP contribution is -2.02. The SMILES string of the molecule is COc1ncccc1NCc1ccc2nc(C)ccc2c1. The molecule has 0 fully saturated rings. The standard InChI is InChI=1S/C17H17N3O/c1-12-5-7-14-10-13(6-8-15(14)20-12)11-19-16-4-3-9-18-17(16)21-2/h3-10,19H,11H2,1-2H3. The molecule has 0 saturated carbocycles. The molecular weight excluding hydrogens is 262 g/mol. The number of anilines is 1. The molecule has 0 unspecified atom stereocenters. The third kappa shape index (κ3) is 2.94. The number of aromatic nitrogens is 2. The topological polar surface area (TPSA) is 47.0 Å². The highest BCUT2D eigenvalue weighted by molar-refractivity contribution is 5.79. The number of hydrogen-bond acceptors (Lipinski definition) is 4. The predicted octanol–water partition coefficient (Wildman–Crippen LogP) is 3.56. The normalized spacial score (nSPS) is 10.6. The Hall–Kier alpha value is -2.62. The van der Waals surface area contributed by atoms with Crippen LogP contribution in [0.15, 0.2) is 48.7 Å². The van der Waals surface area contributed by atoms with Gasteiger partial charge < -0.3 is 10.1 Å². The monoisotopic (exact) mass is 279 g/mol. The molecule has 0 aliphatic heterocycles. The Morgan fingerprint density at radius 3 is 2.90 bits per heavy atom. The summed E-state index contributed by atoms with van der Waals surface area (Å²) in [7, 11) is 1.62. The van der Waals surface area contributed by atoms with Gasteiger partial charge >= 0.3 is 0 Å². The fourth-order valence-corrected chi connectivity index (χ4v) is 2.27. The maximum atomic E-state index is 5.23. The number of rotatable bonds is 4. The molecule has 21 heavy (non-hydrogen) atoms. The smallest absolute Gasteiger partial charge is 0.237 e. The number of pyridine rings is 2. The second kappa shape index (κ2) is 5.79. The summed E-state index contributed by atoms with van der Waals surface area (Å²) in [6, 6.07) is 14.3. The van der Waals surface area contributed by atoms with E-state index >= 15 is 0 Å². The average Bonchev–Trinajstić information content (AvgIpc) is 2.53. The van der Waals surface area contributed by atoms with Gasteiger partial charge in [-0.25, -0.2) is 4.98 Å². The van der Waals surface area contributed by atoms with E-state index in [1.54, 1.807) is 13.3 Å². The van der Waals surface area contributed by atoms with Gasteiger partial charge in [-0.2, -0.15) is 0 Å². The first-order chi connectivity index (χ1) is 10.3. The zero-order valence-electron chi connectivity index (χ0n) is 12.1. The van der Waals surface area contributed by atoms with Gasteiger partial charge in [-0.3, -0.25) is 4.98 Å². The van der Waals surface area contributed by atoms with E-state index in [0.29, 0.717) is 12.4 Å². The van der Waals surface area contributed by atoms with Crippen molar-refractivity contribution in [3.63, 3.8) is 0 Å². The number of hydrogen-bond donors (Lipinski definition) is 1. The van der Waals surface area contributed by atoms with Gasteiger partial charge in [-0.15, -0.1) is 0 Å². The molecule has 4 nitrogen and oxygen atoms in total. The van der Waals surface area contributed by atoms with E-state index < -0.39 is 0 Å². The van der Waals surface area contributed by atoms with E-state index in [-0.39, 0.29) is 0 Å². The molecule has 0 radical (unpaired) electrons. The maximum absolute atomic E-state index is 5.23. The first kappa shape index (κ1) is 13.4. The van der Waals surface area contributed by atoms with Crippen LogP contribution in [0, 0.1) is 6.92 Å². The van der Waals surface area contributed by atoms with Crippen LogP contribution in [0.1, 0.15) is 11.3 Å². The predicted molar refractivity (Wildman–Crippen MR) is 84.6 cm³/mol. The molecule has 0 aliphatic carbocycles. The van der Waals surface area contributed by atoms with E-state index in [4.69, 9.17) is 4.74 Å². The van der Waals surface area contributed by atoms with Crippen LogP contribution in [0.2, 0.25) is 0 Å². The van der Waals surface area contributed by atoms with Crippen molar-refractivity contribution in [1.82, 2.24) is 9.97 Å². The van der Waals surface area contributed by atoms with Crippen LogP contribution in [0.25, 0.3) is 10.9 Å². The molecule has 2 aromatic heterocycles. The van der Waals surface area contributed by atoms with Gasteiger partial charge in [-0.05, 0) is 42.8 Å². The van der Waals surface area contributed by atoms with Crippen molar-refractivity contribution < 1.29 is 4.74 Å². The fraction of sp³-hybridized carbons (Fsp3) is 0.176. The highest BCUT2D eigenvalue weighted by atomic mass is 16.5. The lowest BCUT2D eigenvalue weighted by atomic mass is 10.1. The number of benzene rings is 1. The zero-order chi connectivity index (χ0) is 14.7.